The van der Waals surface area contributed by atoms with Crippen LogP contribution in [0.1, 0.15) is 49.5 Å². The number of hydrogen-bond acceptors (Lipinski definition) is 29. The van der Waals surface area contributed by atoms with E-state index in [4.69, 9.17) is 45.3 Å². The Labute approximate surface area is 443 Å². The Kier molecular flexibility index (Phi) is 22.2. The quantitative estimate of drug-likeness (QED) is 0.0313. The molecule has 12 atom stereocenters. The van der Waals surface area contributed by atoms with E-state index in [1.54, 1.807) is 65.4 Å². The number of carbonyl (C=O) groups is 1. The van der Waals surface area contributed by atoms with Crippen molar-refractivity contribution < 1.29 is 84.3 Å². The number of phosphoric acid groups is 3. The highest BCUT2D eigenvalue weighted by Gasteiger charge is 2.41. The van der Waals surface area contributed by atoms with Crippen molar-refractivity contribution >= 4 is 132 Å². The van der Waals surface area contributed by atoms with Gasteiger partial charge in [-0.3, -0.25) is 22.8 Å². The fraction of sp³-hybridized carbons (Fsp3) is 0.500. The number of aromatic nitrogens is 8. The van der Waals surface area contributed by atoms with Crippen LogP contribution in [-0.2, 0) is 50.3 Å². The van der Waals surface area contributed by atoms with Crippen molar-refractivity contribution in [2.75, 3.05) is 45.6 Å². The number of nitrogens with two attached hydrogens (primary N) is 1. The number of ether oxygens (including phenoxy) is 4. The van der Waals surface area contributed by atoms with Crippen LogP contribution in [0.4, 0.5) is 11.6 Å². The Balaban J connectivity index is 0.000000200. The summed E-state index contributed by atoms with van der Waals surface area (Å²) in [5, 5.41) is 9.68. The van der Waals surface area contributed by atoms with E-state index in [9.17, 15) is 38.3 Å². The monoisotopic (exact) mass is 1210 g/mol. The molecule has 0 spiro atoms. The first-order chi connectivity index (χ1) is 35.0. The summed E-state index contributed by atoms with van der Waals surface area (Å²) in [6.45, 7) is 2.89. The van der Waals surface area contributed by atoms with Gasteiger partial charge in [0.2, 0.25) is 0 Å². The molecular formula is C36H47ClN11O18P4S4-3. The lowest BCUT2D eigenvalue weighted by Crippen LogP contribution is -2.31. The average molecular weight is 1210 g/mol. The maximum Gasteiger partial charge on any atom is 0.403 e. The van der Waals surface area contributed by atoms with Gasteiger partial charge in [-0.05, 0) is 49.7 Å². The number of aliphatic hydroxyl groups excluding tert-OH is 1. The molecule has 8 rings (SSSR count). The maximum atomic E-state index is 12.0. The third-order valence-corrected chi connectivity index (χ3v) is 18.4. The second kappa shape index (κ2) is 27.2. The second-order valence-electron chi connectivity index (χ2n) is 15.2. The molecular weight excluding hydrogens is 1160 g/mol. The number of hydrogen-bond donors (Lipinski definition) is 3. The zero-order valence-electron chi connectivity index (χ0n) is 39.4. The van der Waals surface area contributed by atoms with Gasteiger partial charge in [-0.15, -0.1) is 0 Å². The SMILES string of the molecule is CSS[C@H](C)OC1C[C@H](n2cnc3c(N)ncnc32)O[C@@H]1COP(=O)([O-])OP(=O)([O-])OP(=O)([O-])O.CSS[C@H](C)OC1C[C@H](n2cnc3c(N=CN(C)C)ncnc32)O[C@@H]1CO.O=C1OP(Cl)Oc2ccccc21. The van der Waals surface area contributed by atoms with Crippen molar-refractivity contribution in [3.63, 3.8) is 0 Å². The van der Waals surface area contributed by atoms with Gasteiger partial charge in [-0.1, -0.05) is 55.3 Å². The molecule has 2 saturated heterocycles. The lowest BCUT2D eigenvalue weighted by Gasteiger charge is -2.33. The van der Waals surface area contributed by atoms with Crippen LogP contribution < -0.4 is 24.9 Å². The van der Waals surface area contributed by atoms with Crippen molar-refractivity contribution in [3.05, 3.63) is 55.1 Å². The van der Waals surface area contributed by atoms with Gasteiger partial charge in [0.1, 0.15) is 65.0 Å². The summed E-state index contributed by atoms with van der Waals surface area (Å²) in [5.74, 6) is 0.721. The molecule has 3 aliphatic rings. The molecule has 0 amide bonds. The maximum absolute atomic E-state index is 12.0. The zero-order valence-corrected chi connectivity index (χ0v) is 47.0. The number of anilines is 1. The fourth-order valence-electron chi connectivity index (χ4n) is 6.92. The number of carbonyl (C=O) groups excluding carboxylic acids is 1. The van der Waals surface area contributed by atoms with E-state index in [2.05, 4.69) is 52.6 Å². The predicted octanol–water partition coefficient (Wildman–Crippen LogP) is 4.66. The minimum absolute atomic E-state index is 0.00947. The van der Waals surface area contributed by atoms with Crippen molar-refractivity contribution in [3.8, 4) is 5.75 Å². The zero-order chi connectivity index (χ0) is 54.0. The summed E-state index contributed by atoms with van der Waals surface area (Å²) in [6.07, 6.45) is 8.67. The van der Waals surface area contributed by atoms with Crippen LogP contribution >= 0.6 is 85.6 Å². The van der Waals surface area contributed by atoms with Crippen molar-refractivity contribution in [2.45, 2.75) is 74.4 Å². The van der Waals surface area contributed by atoms with Gasteiger partial charge < -0.3 is 67.8 Å². The summed E-state index contributed by atoms with van der Waals surface area (Å²) in [6, 6.07) is 6.84. The molecule has 38 heteroatoms. The second-order valence-corrected chi connectivity index (χ2v) is 26.7. The molecule has 4 aromatic heterocycles. The van der Waals surface area contributed by atoms with E-state index in [1.807, 2.05) is 43.0 Å². The van der Waals surface area contributed by atoms with Crippen molar-refractivity contribution in [1.29, 1.82) is 0 Å². The molecule has 2 fully saturated rings. The Morgan fingerprint density at radius 1 is 0.878 bits per heavy atom. The van der Waals surface area contributed by atoms with Crippen molar-refractivity contribution in [1.82, 2.24) is 43.9 Å². The van der Waals surface area contributed by atoms with Gasteiger partial charge in [-0.2, -0.15) is 0 Å². The Bertz CT molecular complexity index is 2870. The molecule has 0 bridgehead atoms. The van der Waals surface area contributed by atoms with Gasteiger partial charge in [0.05, 0.1) is 44.4 Å². The lowest BCUT2D eigenvalue weighted by molar-refractivity contribution is -0.250. The standard InChI is InChI=1S/C16H24N6O3S2.C13H22N5O12P3S2.C7H4ClO3P/c1-10(27-26-4)24-11-5-13(25-12(11)6-23)22-9-19-14-15(20-8-21(2)3)17-7-18-16(14)22;1-7(35-34-2)27-8-3-10(18-6-17-11-12(14)15-5-16-13(11)18)28-9(8)4-26-32(22,23)30-33(24,25)29-31(19,20)21;8-12-10-6-4-2-1-3-5(6)7(9)11-12/h7-13,23H,5-6H2,1-4H3;5-10H,3-4H2,1-2H3,(H,22,23)(H,24,25)(H2,14,15,16)(H2,19,20,21);1-4H/p-3/t10-,11?,12-,13-;7-,8?,9-,10-;/m11./s1. The van der Waals surface area contributed by atoms with Crippen LogP contribution in [0.3, 0.4) is 0 Å². The first-order valence-corrected chi connectivity index (χ1v) is 32.9. The van der Waals surface area contributed by atoms with E-state index in [0.29, 0.717) is 45.9 Å². The van der Waals surface area contributed by atoms with E-state index in [-0.39, 0.29) is 48.2 Å². The largest absolute Gasteiger partial charge is 0.756 e. The molecule has 29 nitrogen and oxygen atoms in total. The van der Waals surface area contributed by atoms with E-state index >= 15 is 0 Å². The molecule has 0 saturated carbocycles. The number of aliphatic hydroxyl groups is 1. The average Bonchev–Trinajstić information content (AvgIpc) is 4.12. The smallest absolute Gasteiger partial charge is 0.403 e. The van der Waals surface area contributed by atoms with E-state index < -0.39 is 62.2 Å². The van der Waals surface area contributed by atoms with Gasteiger partial charge >= 0.3 is 13.7 Å². The number of aliphatic imine (C=N–C) groups is 1. The number of benzene rings is 1. The fourth-order valence-corrected chi connectivity index (χ4v) is 13.6. The van der Waals surface area contributed by atoms with Gasteiger partial charge in [0.15, 0.2) is 28.4 Å². The highest BCUT2D eigenvalue weighted by molar-refractivity contribution is 8.76. The molecule has 1 aromatic carbocycles. The minimum Gasteiger partial charge on any atom is -0.756 e. The summed E-state index contributed by atoms with van der Waals surface area (Å²) in [7, 11) is -9.25. The van der Waals surface area contributed by atoms with E-state index in [0.717, 1.165) is 0 Å². The van der Waals surface area contributed by atoms with Crippen LogP contribution in [0.25, 0.3) is 22.3 Å². The molecule has 0 aliphatic carbocycles. The highest BCUT2D eigenvalue weighted by atomic mass is 35.7. The van der Waals surface area contributed by atoms with Crippen LogP contribution in [-0.4, -0.2) is 141 Å². The van der Waals surface area contributed by atoms with Gasteiger partial charge in [-0.25, -0.2) is 48.3 Å². The topological polar surface area (TPSA) is 390 Å². The summed E-state index contributed by atoms with van der Waals surface area (Å²) in [4.78, 5) is 84.8. The predicted molar refractivity (Wildman–Crippen MR) is 270 cm³/mol. The third kappa shape index (κ3) is 17.1. The molecule has 74 heavy (non-hydrogen) atoms. The molecule has 3 aliphatic heterocycles. The first-order valence-electron chi connectivity index (χ1n) is 21.1. The molecule has 7 heterocycles. The summed E-state index contributed by atoms with van der Waals surface area (Å²) < 4.78 is 82.4. The lowest BCUT2D eigenvalue weighted by atomic mass is 10.2. The molecule has 5 aromatic rings. The van der Waals surface area contributed by atoms with Crippen LogP contribution in [0.5, 0.6) is 5.75 Å². The molecule has 408 valence electrons. The van der Waals surface area contributed by atoms with E-state index in [1.165, 1.54) is 45.1 Å². The number of nitrogen functional groups attached to an aromatic ring is 1. The third-order valence-electron chi connectivity index (χ3n) is 9.73. The number of rotatable bonds is 20. The van der Waals surface area contributed by atoms with Crippen LogP contribution in [0.15, 0.2) is 54.6 Å². The van der Waals surface area contributed by atoms with Crippen LogP contribution in [0.2, 0.25) is 0 Å². The molecule has 0 radical (unpaired) electrons. The Morgan fingerprint density at radius 2 is 1.45 bits per heavy atom. The molecule has 4 N–H and O–H groups in total. The Morgan fingerprint density at radius 3 is 2.04 bits per heavy atom. The Hall–Kier alpha value is -2.81. The normalized spacial score (nSPS) is 24.8. The van der Waals surface area contributed by atoms with Gasteiger partial charge in [0, 0.05) is 26.9 Å². The minimum atomic E-state index is -6.02. The highest BCUT2D eigenvalue weighted by Crippen LogP contribution is 2.61. The van der Waals surface area contributed by atoms with Crippen LogP contribution in [0, 0.1) is 0 Å². The number of fused-ring (bicyclic) bond motifs is 3. The number of para-hydroxylation sites is 1. The number of phosphoric ester groups is 1. The molecule has 6 unspecified atom stereocenters. The first kappa shape index (κ1) is 60.4. The summed E-state index contributed by atoms with van der Waals surface area (Å²) >= 11 is 5.54. The number of halogens is 1. The van der Waals surface area contributed by atoms with Crippen molar-refractivity contribution in [2.24, 2.45) is 4.99 Å². The number of imidazole rings is 2. The van der Waals surface area contributed by atoms with Gasteiger partial charge in [0.25, 0.3) is 23.5 Å². The number of nitrogens with zero attached hydrogens (tertiary/aromatic N) is 10. The summed E-state index contributed by atoms with van der Waals surface area (Å²) in [5.41, 5.74) is 7.81.